The van der Waals surface area contributed by atoms with Crippen molar-refractivity contribution in [1.82, 2.24) is 9.97 Å². The summed E-state index contributed by atoms with van der Waals surface area (Å²) in [5.41, 5.74) is 5.47. The molecule has 4 rings (SSSR count). The molecule has 1 unspecified atom stereocenters. The van der Waals surface area contributed by atoms with Gasteiger partial charge >= 0.3 is 0 Å². The first-order valence-electron chi connectivity index (χ1n) is 7.87. The maximum Gasteiger partial charge on any atom is 0.225 e. The molecule has 2 aromatic heterocycles. The predicted octanol–water partition coefficient (Wildman–Crippen LogP) is 4.52. The van der Waals surface area contributed by atoms with Gasteiger partial charge in [-0.2, -0.15) is 0 Å². The summed E-state index contributed by atoms with van der Waals surface area (Å²) in [4.78, 5) is 19.9. The molecule has 1 aromatic carbocycles. The molecule has 0 fully saturated rings. The van der Waals surface area contributed by atoms with Gasteiger partial charge in [-0.25, -0.2) is 9.97 Å². The van der Waals surface area contributed by atoms with E-state index in [0.29, 0.717) is 17.3 Å². The normalized spacial score (nSPS) is 15.2. The highest BCUT2D eigenvalue weighted by atomic mass is 16.5. The van der Waals surface area contributed by atoms with Crippen molar-refractivity contribution in [3.63, 3.8) is 0 Å². The van der Waals surface area contributed by atoms with Crippen molar-refractivity contribution in [3.8, 4) is 23.0 Å². The van der Waals surface area contributed by atoms with Gasteiger partial charge in [0.15, 0.2) is 0 Å². The first-order chi connectivity index (χ1) is 11.7. The van der Waals surface area contributed by atoms with Crippen LogP contribution in [-0.4, -0.2) is 16.3 Å². The van der Waals surface area contributed by atoms with Crippen molar-refractivity contribution in [2.45, 2.75) is 19.8 Å². The molecular formula is C20H16N2O2. The largest absolute Gasteiger partial charge is 0.420 e. The Labute approximate surface area is 140 Å². The van der Waals surface area contributed by atoms with E-state index in [-0.39, 0.29) is 5.92 Å². The number of hydrogen-bond acceptors (Lipinski definition) is 4. The lowest BCUT2D eigenvalue weighted by Gasteiger charge is -2.24. The fourth-order valence-corrected chi connectivity index (χ4v) is 2.97. The van der Waals surface area contributed by atoms with Gasteiger partial charge in [-0.15, -0.1) is 0 Å². The minimum Gasteiger partial charge on any atom is -0.420 e. The Morgan fingerprint density at radius 3 is 2.29 bits per heavy atom. The van der Waals surface area contributed by atoms with Crippen LogP contribution in [0.25, 0.3) is 11.3 Å². The van der Waals surface area contributed by atoms with Crippen LogP contribution in [0.3, 0.4) is 0 Å². The Morgan fingerprint density at radius 2 is 1.58 bits per heavy atom. The molecule has 3 heterocycles. The molecule has 24 heavy (non-hydrogen) atoms. The van der Waals surface area contributed by atoms with Crippen LogP contribution in [0.2, 0.25) is 0 Å². The molecule has 0 aliphatic carbocycles. The van der Waals surface area contributed by atoms with Crippen molar-refractivity contribution in [2.75, 3.05) is 0 Å². The number of fused-ring (bicyclic) bond motifs is 2. The third kappa shape index (κ3) is 2.36. The lowest BCUT2D eigenvalue weighted by atomic mass is 9.92. The van der Waals surface area contributed by atoms with E-state index in [9.17, 15) is 4.79 Å². The highest BCUT2D eigenvalue weighted by Gasteiger charge is 2.26. The summed E-state index contributed by atoms with van der Waals surface area (Å²) in [6.07, 6.45) is 0.833. The van der Waals surface area contributed by atoms with Crippen LogP contribution < -0.4 is 4.74 Å². The van der Waals surface area contributed by atoms with Gasteiger partial charge in [-0.3, -0.25) is 4.79 Å². The zero-order chi connectivity index (χ0) is 16.7. The second-order valence-electron chi connectivity index (χ2n) is 6.00. The molecule has 118 valence electrons. The molecule has 0 bridgehead atoms. The standard InChI is InChI=1S/C20H16N2O2/c1-12-3-8-16-13(2)17-9-10-18(22-20(17)24-19(16)21-12)15-6-4-14(11-23)5-7-15/h3-11,13H,1-2H3. The number of aldehydes is 1. The topological polar surface area (TPSA) is 52.1 Å². The Kier molecular flexibility index (Phi) is 3.38. The van der Waals surface area contributed by atoms with Crippen LogP contribution in [0.1, 0.15) is 40.0 Å². The molecule has 0 amide bonds. The van der Waals surface area contributed by atoms with Gasteiger partial charge in [0.05, 0.1) is 5.69 Å². The van der Waals surface area contributed by atoms with Crippen LogP contribution in [0.4, 0.5) is 0 Å². The van der Waals surface area contributed by atoms with Gasteiger partial charge in [0.2, 0.25) is 11.8 Å². The lowest BCUT2D eigenvalue weighted by molar-refractivity contribution is 0.112. The Morgan fingerprint density at radius 1 is 0.917 bits per heavy atom. The van der Waals surface area contributed by atoms with E-state index in [2.05, 4.69) is 29.0 Å². The van der Waals surface area contributed by atoms with Crippen molar-refractivity contribution in [1.29, 1.82) is 0 Å². The molecule has 1 atom stereocenters. The maximum atomic E-state index is 10.8. The van der Waals surface area contributed by atoms with Gasteiger partial charge < -0.3 is 4.74 Å². The van der Waals surface area contributed by atoms with Gasteiger partial charge in [0, 0.05) is 33.9 Å². The van der Waals surface area contributed by atoms with Crippen LogP contribution >= 0.6 is 0 Å². The molecule has 4 heteroatoms. The Balaban J connectivity index is 1.76. The van der Waals surface area contributed by atoms with E-state index in [0.717, 1.165) is 34.4 Å². The molecule has 1 aliphatic rings. The van der Waals surface area contributed by atoms with E-state index in [4.69, 9.17) is 4.74 Å². The van der Waals surface area contributed by atoms with Gasteiger partial charge in [0.25, 0.3) is 0 Å². The van der Waals surface area contributed by atoms with E-state index < -0.39 is 0 Å². The number of aromatic nitrogens is 2. The summed E-state index contributed by atoms with van der Waals surface area (Å²) < 4.78 is 5.96. The van der Waals surface area contributed by atoms with Crippen LogP contribution in [0.5, 0.6) is 11.8 Å². The van der Waals surface area contributed by atoms with Crippen LogP contribution in [-0.2, 0) is 0 Å². The third-order valence-electron chi connectivity index (χ3n) is 4.39. The average Bonchev–Trinajstić information content (AvgIpc) is 2.61. The quantitative estimate of drug-likeness (QED) is 0.652. The van der Waals surface area contributed by atoms with Crippen molar-refractivity contribution in [2.24, 2.45) is 0 Å². The third-order valence-corrected chi connectivity index (χ3v) is 4.39. The maximum absolute atomic E-state index is 10.8. The smallest absolute Gasteiger partial charge is 0.225 e. The van der Waals surface area contributed by atoms with Crippen molar-refractivity contribution < 1.29 is 9.53 Å². The minimum atomic E-state index is 0.191. The molecule has 0 spiro atoms. The van der Waals surface area contributed by atoms with Crippen molar-refractivity contribution in [3.05, 3.63) is 70.9 Å². The van der Waals surface area contributed by atoms with E-state index in [1.807, 2.05) is 31.2 Å². The molecule has 0 saturated carbocycles. The number of nitrogens with zero attached hydrogens (tertiary/aromatic N) is 2. The fourth-order valence-electron chi connectivity index (χ4n) is 2.97. The average molecular weight is 316 g/mol. The molecule has 4 nitrogen and oxygen atoms in total. The number of aryl methyl sites for hydroxylation is 1. The fraction of sp³-hybridized carbons (Fsp3) is 0.150. The molecule has 0 N–H and O–H groups in total. The zero-order valence-corrected chi connectivity index (χ0v) is 13.5. The number of carbonyl (C=O) groups is 1. The van der Waals surface area contributed by atoms with E-state index in [1.165, 1.54) is 0 Å². The number of pyridine rings is 2. The minimum absolute atomic E-state index is 0.191. The number of ether oxygens (including phenoxy) is 1. The summed E-state index contributed by atoms with van der Waals surface area (Å²) >= 11 is 0. The van der Waals surface area contributed by atoms with E-state index >= 15 is 0 Å². The first-order valence-corrected chi connectivity index (χ1v) is 7.87. The second-order valence-corrected chi connectivity index (χ2v) is 6.00. The molecule has 3 aromatic rings. The lowest BCUT2D eigenvalue weighted by Crippen LogP contribution is -2.11. The SMILES string of the molecule is Cc1ccc2c(n1)Oc1nc(-c3ccc(C=O)cc3)ccc1C2C. The van der Waals surface area contributed by atoms with Crippen LogP contribution in [0.15, 0.2) is 48.5 Å². The van der Waals surface area contributed by atoms with Crippen molar-refractivity contribution >= 4 is 6.29 Å². The Bertz CT molecular complexity index is 933. The van der Waals surface area contributed by atoms with Crippen LogP contribution in [0, 0.1) is 6.92 Å². The summed E-state index contributed by atoms with van der Waals surface area (Å²) in [5, 5.41) is 0. The molecule has 0 radical (unpaired) electrons. The first kappa shape index (κ1) is 14.6. The van der Waals surface area contributed by atoms with Gasteiger partial charge in [-0.05, 0) is 19.1 Å². The molecular weight excluding hydrogens is 300 g/mol. The Hall–Kier alpha value is -3.01. The number of carbonyl (C=O) groups excluding carboxylic acids is 1. The predicted molar refractivity (Wildman–Crippen MR) is 91.6 cm³/mol. The number of rotatable bonds is 2. The van der Waals surface area contributed by atoms with E-state index in [1.54, 1.807) is 12.1 Å². The number of benzene rings is 1. The summed E-state index contributed by atoms with van der Waals surface area (Å²) in [5.74, 6) is 1.43. The summed E-state index contributed by atoms with van der Waals surface area (Å²) in [7, 11) is 0. The molecule has 1 aliphatic heterocycles. The molecule has 0 saturated heterocycles. The zero-order valence-electron chi connectivity index (χ0n) is 13.5. The van der Waals surface area contributed by atoms with Gasteiger partial charge in [-0.1, -0.05) is 43.3 Å². The highest BCUT2D eigenvalue weighted by Crippen LogP contribution is 2.42. The monoisotopic (exact) mass is 316 g/mol. The number of hydrogen-bond donors (Lipinski definition) is 0. The summed E-state index contributed by atoms with van der Waals surface area (Å²) in [6, 6.07) is 15.5. The highest BCUT2D eigenvalue weighted by molar-refractivity contribution is 5.76. The van der Waals surface area contributed by atoms with Gasteiger partial charge in [0.1, 0.15) is 6.29 Å². The second kappa shape index (κ2) is 5.57. The summed E-state index contributed by atoms with van der Waals surface area (Å²) in [6.45, 7) is 4.08.